The van der Waals surface area contributed by atoms with Gasteiger partial charge < -0.3 is 10.2 Å². The van der Waals surface area contributed by atoms with Crippen molar-refractivity contribution in [3.05, 3.63) is 24.3 Å². The first-order valence-corrected chi connectivity index (χ1v) is 5.30. The Kier molecular flexibility index (Phi) is 2.90. The number of para-hydroxylation sites is 2. The van der Waals surface area contributed by atoms with E-state index < -0.39 is 0 Å². The molecule has 0 bridgehead atoms. The van der Waals surface area contributed by atoms with E-state index in [1.807, 2.05) is 29.2 Å². The number of benzene rings is 1. The van der Waals surface area contributed by atoms with Gasteiger partial charge in [0.1, 0.15) is 5.78 Å². The summed E-state index contributed by atoms with van der Waals surface area (Å²) in [5, 5.41) is 2.81. The molecule has 4 heteroatoms. The molecule has 1 N–H and O–H groups in total. The van der Waals surface area contributed by atoms with Crippen molar-refractivity contribution in [3.8, 4) is 0 Å². The Balaban J connectivity index is 2.20. The van der Waals surface area contributed by atoms with E-state index in [1.54, 1.807) is 6.92 Å². The maximum Gasteiger partial charge on any atom is 0.243 e. The number of rotatable bonds is 3. The maximum atomic E-state index is 11.4. The number of hydrogen-bond donors (Lipinski definition) is 1. The molecular weight excluding hydrogens is 204 g/mol. The van der Waals surface area contributed by atoms with Crippen molar-refractivity contribution >= 4 is 23.1 Å². The summed E-state index contributed by atoms with van der Waals surface area (Å²) in [6.07, 6.45) is 0.474. The van der Waals surface area contributed by atoms with Gasteiger partial charge in [0.15, 0.2) is 0 Å². The van der Waals surface area contributed by atoms with Crippen molar-refractivity contribution in [2.24, 2.45) is 0 Å². The third-order valence-electron chi connectivity index (χ3n) is 2.59. The molecule has 0 spiro atoms. The van der Waals surface area contributed by atoms with Gasteiger partial charge in [0.2, 0.25) is 5.91 Å². The Morgan fingerprint density at radius 3 is 2.94 bits per heavy atom. The van der Waals surface area contributed by atoms with Gasteiger partial charge in [-0.15, -0.1) is 0 Å². The summed E-state index contributed by atoms with van der Waals surface area (Å²) in [4.78, 5) is 24.3. The Hall–Kier alpha value is -1.84. The van der Waals surface area contributed by atoms with Crippen LogP contribution < -0.4 is 10.2 Å². The third kappa shape index (κ3) is 2.21. The second kappa shape index (κ2) is 4.35. The first-order valence-electron chi connectivity index (χ1n) is 5.30. The molecule has 0 atom stereocenters. The summed E-state index contributed by atoms with van der Waals surface area (Å²) < 4.78 is 0. The molecule has 0 radical (unpaired) electrons. The zero-order valence-electron chi connectivity index (χ0n) is 9.19. The quantitative estimate of drug-likeness (QED) is 0.834. The monoisotopic (exact) mass is 218 g/mol. The largest absolute Gasteiger partial charge is 0.360 e. The van der Waals surface area contributed by atoms with Crippen LogP contribution in [-0.4, -0.2) is 24.8 Å². The molecule has 0 saturated carbocycles. The lowest BCUT2D eigenvalue weighted by atomic mass is 10.1. The van der Waals surface area contributed by atoms with Gasteiger partial charge in [-0.25, -0.2) is 0 Å². The van der Waals surface area contributed by atoms with Crippen LogP contribution in [0.5, 0.6) is 0 Å². The van der Waals surface area contributed by atoms with Crippen LogP contribution in [0.4, 0.5) is 11.4 Å². The van der Waals surface area contributed by atoms with Crippen molar-refractivity contribution in [1.29, 1.82) is 0 Å². The third-order valence-corrected chi connectivity index (χ3v) is 2.59. The number of nitrogens with one attached hydrogen (secondary N) is 1. The standard InChI is InChI=1S/C12H14N2O2/c1-9(15)6-7-14-8-12(16)13-10-4-2-3-5-11(10)14/h2-5H,6-8H2,1H3,(H,13,16). The van der Waals surface area contributed by atoms with Gasteiger partial charge in [-0.3, -0.25) is 9.59 Å². The summed E-state index contributed by atoms with van der Waals surface area (Å²) in [6, 6.07) is 7.63. The van der Waals surface area contributed by atoms with E-state index in [4.69, 9.17) is 0 Å². The summed E-state index contributed by atoms with van der Waals surface area (Å²) in [6.45, 7) is 2.49. The Morgan fingerprint density at radius 1 is 1.44 bits per heavy atom. The summed E-state index contributed by atoms with van der Waals surface area (Å²) >= 11 is 0. The molecule has 1 aromatic carbocycles. The molecular formula is C12H14N2O2. The number of ketones is 1. The number of Topliss-reactive ketones (excluding diaryl/α,β-unsaturated/α-hetero) is 1. The van der Waals surface area contributed by atoms with Crippen LogP contribution in [0, 0.1) is 0 Å². The van der Waals surface area contributed by atoms with Crippen molar-refractivity contribution in [3.63, 3.8) is 0 Å². The fourth-order valence-corrected chi connectivity index (χ4v) is 1.80. The highest BCUT2D eigenvalue weighted by Crippen LogP contribution is 2.28. The van der Waals surface area contributed by atoms with Crippen LogP contribution in [0.15, 0.2) is 24.3 Å². The van der Waals surface area contributed by atoms with Gasteiger partial charge in [-0.05, 0) is 19.1 Å². The van der Waals surface area contributed by atoms with E-state index in [9.17, 15) is 9.59 Å². The van der Waals surface area contributed by atoms with E-state index in [0.717, 1.165) is 11.4 Å². The SMILES string of the molecule is CC(=O)CCN1CC(=O)Nc2ccccc21. The normalized spacial score (nSPS) is 14.3. The van der Waals surface area contributed by atoms with E-state index in [-0.39, 0.29) is 11.7 Å². The Bertz CT molecular complexity index is 429. The highest BCUT2D eigenvalue weighted by molar-refractivity contribution is 6.01. The lowest BCUT2D eigenvalue weighted by Gasteiger charge is -2.30. The highest BCUT2D eigenvalue weighted by Gasteiger charge is 2.20. The van der Waals surface area contributed by atoms with Crippen LogP contribution in [0.1, 0.15) is 13.3 Å². The van der Waals surface area contributed by atoms with Crippen LogP contribution in [0.3, 0.4) is 0 Å². The van der Waals surface area contributed by atoms with Gasteiger partial charge in [0.25, 0.3) is 0 Å². The molecule has 0 fully saturated rings. The fourth-order valence-electron chi connectivity index (χ4n) is 1.80. The molecule has 0 aromatic heterocycles. The van der Waals surface area contributed by atoms with Gasteiger partial charge in [0, 0.05) is 13.0 Å². The van der Waals surface area contributed by atoms with E-state index in [0.29, 0.717) is 19.5 Å². The van der Waals surface area contributed by atoms with Gasteiger partial charge >= 0.3 is 0 Å². The number of anilines is 2. The molecule has 1 aliphatic rings. The lowest BCUT2D eigenvalue weighted by molar-refractivity contribution is -0.117. The number of carbonyl (C=O) groups is 2. The topological polar surface area (TPSA) is 49.4 Å². The van der Waals surface area contributed by atoms with E-state index in [2.05, 4.69) is 5.32 Å². The van der Waals surface area contributed by atoms with Crippen LogP contribution in [0.2, 0.25) is 0 Å². The van der Waals surface area contributed by atoms with Crippen LogP contribution in [0.25, 0.3) is 0 Å². The molecule has 2 rings (SSSR count). The van der Waals surface area contributed by atoms with Crippen molar-refractivity contribution in [2.75, 3.05) is 23.3 Å². The fraction of sp³-hybridized carbons (Fsp3) is 0.333. The molecule has 0 saturated heterocycles. The predicted molar refractivity (Wildman–Crippen MR) is 62.6 cm³/mol. The first-order chi connectivity index (χ1) is 7.66. The highest BCUT2D eigenvalue weighted by atomic mass is 16.2. The number of amides is 1. The maximum absolute atomic E-state index is 11.4. The molecule has 0 aliphatic carbocycles. The molecule has 4 nitrogen and oxygen atoms in total. The number of carbonyl (C=O) groups excluding carboxylic acids is 2. The minimum atomic E-state index is -0.0257. The Morgan fingerprint density at radius 2 is 2.19 bits per heavy atom. The van der Waals surface area contributed by atoms with Crippen molar-refractivity contribution < 1.29 is 9.59 Å². The van der Waals surface area contributed by atoms with E-state index >= 15 is 0 Å². The second-order valence-electron chi connectivity index (χ2n) is 3.94. The smallest absolute Gasteiger partial charge is 0.243 e. The predicted octanol–water partition coefficient (Wildman–Crippen LogP) is 1.42. The number of fused-ring (bicyclic) bond motifs is 1. The molecule has 1 aliphatic heterocycles. The van der Waals surface area contributed by atoms with Gasteiger partial charge in [-0.2, -0.15) is 0 Å². The zero-order chi connectivity index (χ0) is 11.5. The minimum Gasteiger partial charge on any atom is -0.360 e. The number of hydrogen-bond acceptors (Lipinski definition) is 3. The number of nitrogens with zero attached hydrogens (tertiary/aromatic N) is 1. The Labute approximate surface area is 94.2 Å². The second-order valence-corrected chi connectivity index (χ2v) is 3.94. The molecule has 1 heterocycles. The zero-order valence-corrected chi connectivity index (χ0v) is 9.19. The van der Waals surface area contributed by atoms with Gasteiger partial charge in [-0.1, -0.05) is 12.1 Å². The summed E-state index contributed by atoms with van der Waals surface area (Å²) in [5.74, 6) is 0.116. The molecule has 1 amide bonds. The average Bonchev–Trinajstić information content (AvgIpc) is 2.25. The van der Waals surface area contributed by atoms with Gasteiger partial charge in [0.05, 0.1) is 17.9 Å². The molecule has 84 valence electrons. The van der Waals surface area contributed by atoms with Crippen molar-refractivity contribution in [2.45, 2.75) is 13.3 Å². The summed E-state index contributed by atoms with van der Waals surface area (Å²) in [7, 11) is 0. The first kappa shape index (κ1) is 10.7. The molecule has 16 heavy (non-hydrogen) atoms. The van der Waals surface area contributed by atoms with E-state index in [1.165, 1.54) is 0 Å². The minimum absolute atomic E-state index is 0.0257. The lowest BCUT2D eigenvalue weighted by Crippen LogP contribution is -2.39. The molecule has 1 aromatic rings. The van der Waals surface area contributed by atoms with Crippen molar-refractivity contribution in [1.82, 2.24) is 0 Å². The average molecular weight is 218 g/mol. The summed E-state index contributed by atoms with van der Waals surface area (Å²) in [5.41, 5.74) is 1.81. The van der Waals surface area contributed by atoms with Crippen LogP contribution in [-0.2, 0) is 9.59 Å². The van der Waals surface area contributed by atoms with Crippen LogP contribution >= 0.6 is 0 Å². The molecule has 0 unspecified atom stereocenters.